The maximum atomic E-state index is 12.7. The average Bonchev–Trinajstić information content (AvgIpc) is 2.70. The first-order chi connectivity index (χ1) is 14.3. The van der Waals surface area contributed by atoms with Crippen LogP contribution in [0.4, 0.5) is 10.5 Å². The summed E-state index contributed by atoms with van der Waals surface area (Å²) >= 11 is 0. The number of nitrogens with one attached hydrogen (secondary N) is 1. The van der Waals surface area contributed by atoms with Gasteiger partial charge < -0.3 is 20.7 Å². The van der Waals surface area contributed by atoms with Crippen LogP contribution in [0.15, 0.2) is 42.5 Å². The molecule has 8 heteroatoms. The second kappa shape index (κ2) is 10.6. The molecular weight excluding hydrogens is 384 g/mol. The number of esters is 1. The fraction of sp³-hybridized carbons (Fsp3) is 0.273. The normalized spacial score (nSPS) is 10.0. The first kappa shape index (κ1) is 22.4. The molecule has 0 aliphatic rings. The van der Waals surface area contributed by atoms with Crippen molar-refractivity contribution in [2.45, 2.75) is 26.8 Å². The summed E-state index contributed by atoms with van der Waals surface area (Å²) in [5.41, 5.74) is 8.70. The van der Waals surface area contributed by atoms with Crippen molar-refractivity contribution in [3.63, 3.8) is 0 Å². The van der Waals surface area contributed by atoms with Gasteiger partial charge in [0, 0.05) is 18.8 Å². The van der Waals surface area contributed by atoms with E-state index in [0.29, 0.717) is 5.69 Å². The minimum atomic E-state index is -0.640. The molecule has 8 nitrogen and oxygen atoms in total. The van der Waals surface area contributed by atoms with E-state index in [-0.39, 0.29) is 25.1 Å². The van der Waals surface area contributed by atoms with Crippen LogP contribution < -0.4 is 16.0 Å². The van der Waals surface area contributed by atoms with Crippen LogP contribution in [0.1, 0.15) is 33.5 Å². The Morgan fingerprint density at radius 2 is 1.73 bits per heavy atom. The van der Waals surface area contributed by atoms with Crippen LogP contribution in [0.3, 0.4) is 0 Å². The van der Waals surface area contributed by atoms with E-state index in [2.05, 4.69) is 5.32 Å². The van der Waals surface area contributed by atoms with Crippen molar-refractivity contribution in [2.24, 2.45) is 5.73 Å². The Balaban J connectivity index is 2.02. The van der Waals surface area contributed by atoms with Crippen molar-refractivity contribution < 1.29 is 19.1 Å². The first-order valence-corrected chi connectivity index (χ1v) is 9.35. The predicted octanol–water partition coefficient (Wildman–Crippen LogP) is 2.58. The van der Waals surface area contributed by atoms with E-state index in [1.807, 2.05) is 38.1 Å². The molecule has 0 aliphatic heterocycles. The number of primary amides is 1. The molecule has 30 heavy (non-hydrogen) atoms. The molecule has 0 atom stereocenters. The monoisotopic (exact) mass is 408 g/mol. The van der Waals surface area contributed by atoms with Gasteiger partial charge in [0.2, 0.25) is 0 Å². The highest BCUT2D eigenvalue weighted by atomic mass is 16.5. The van der Waals surface area contributed by atoms with Gasteiger partial charge in [-0.15, -0.1) is 0 Å². The number of rotatable bonds is 8. The van der Waals surface area contributed by atoms with Crippen LogP contribution in [0.5, 0.6) is 0 Å². The van der Waals surface area contributed by atoms with Crippen LogP contribution in [0.25, 0.3) is 0 Å². The van der Waals surface area contributed by atoms with Gasteiger partial charge in [0.25, 0.3) is 5.91 Å². The number of nitriles is 1. The predicted molar refractivity (Wildman–Crippen MR) is 112 cm³/mol. The fourth-order valence-electron chi connectivity index (χ4n) is 2.90. The first-order valence-electron chi connectivity index (χ1n) is 9.35. The number of carbonyl (C=O) groups excluding carboxylic acids is 3. The molecule has 0 saturated carbocycles. The number of benzene rings is 2. The summed E-state index contributed by atoms with van der Waals surface area (Å²) in [4.78, 5) is 37.2. The molecule has 0 aromatic heterocycles. The summed E-state index contributed by atoms with van der Waals surface area (Å²) in [6.07, 6.45) is 0.160. The Kier molecular flexibility index (Phi) is 7.94. The fourth-order valence-corrected chi connectivity index (χ4v) is 2.90. The van der Waals surface area contributed by atoms with Gasteiger partial charge in [-0.05, 0) is 54.8 Å². The molecule has 0 heterocycles. The molecule has 0 bridgehead atoms. The molecule has 0 aliphatic carbocycles. The zero-order valence-corrected chi connectivity index (χ0v) is 17.0. The van der Waals surface area contributed by atoms with E-state index in [1.165, 1.54) is 4.90 Å². The van der Waals surface area contributed by atoms with Gasteiger partial charge in [-0.2, -0.15) is 5.26 Å². The molecule has 0 unspecified atom stereocenters. The van der Waals surface area contributed by atoms with Gasteiger partial charge in [0.15, 0.2) is 6.61 Å². The minimum Gasteiger partial charge on any atom is -0.452 e. The highest BCUT2D eigenvalue weighted by Crippen LogP contribution is 2.19. The molecule has 0 radical (unpaired) electrons. The maximum absolute atomic E-state index is 12.7. The lowest BCUT2D eigenvalue weighted by Crippen LogP contribution is -2.35. The standard InChI is InChI=1S/C22H24N4O4/c1-15-10-16(2)12-19(11-15)26(9-3-8-23)20(27)14-30-21(28)18-6-4-17(5-7-18)13-25-22(24)29/h4-7,10-12H,3,9,13-14H2,1-2H3,(H3,24,25,29). The Morgan fingerprint density at radius 1 is 1.10 bits per heavy atom. The second-order valence-corrected chi connectivity index (χ2v) is 6.79. The second-order valence-electron chi connectivity index (χ2n) is 6.79. The minimum absolute atomic E-state index is 0.160. The third kappa shape index (κ3) is 6.63. The van der Waals surface area contributed by atoms with Crippen LogP contribution in [0.2, 0.25) is 0 Å². The van der Waals surface area contributed by atoms with Crippen molar-refractivity contribution in [3.05, 3.63) is 64.7 Å². The van der Waals surface area contributed by atoms with Gasteiger partial charge >= 0.3 is 12.0 Å². The summed E-state index contributed by atoms with van der Waals surface area (Å²) in [5, 5.41) is 11.4. The van der Waals surface area contributed by atoms with Crippen molar-refractivity contribution >= 4 is 23.6 Å². The lowest BCUT2D eigenvalue weighted by Gasteiger charge is -2.22. The van der Waals surface area contributed by atoms with E-state index in [4.69, 9.17) is 15.7 Å². The largest absolute Gasteiger partial charge is 0.452 e. The topological polar surface area (TPSA) is 126 Å². The molecule has 3 N–H and O–H groups in total. The average molecular weight is 408 g/mol. The zero-order chi connectivity index (χ0) is 22.1. The molecule has 0 saturated heterocycles. The molecule has 0 fully saturated rings. The SMILES string of the molecule is Cc1cc(C)cc(N(CCC#N)C(=O)COC(=O)c2ccc(CNC(N)=O)cc2)c1. The van der Waals surface area contributed by atoms with Gasteiger partial charge in [0.1, 0.15) is 0 Å². The van der Waals surface area contributed by atoms with Crippen LogP contribution in [0, 0.1) is 25.2 Å². The van der Waals surface area contributed by atoms with Gasteiger partial charge in [-0.3, -0.25) is 4.79 Å². The van der Waals surface area contributed by atoms with Crippen LogP contribution >= 0.6 is 0 Å². The van der Waals surface area contributed by atoms with E-state index >= 15 is 0 Å². The Hall–Kier alpha value is -3.86. The molecule has 2 aromatic carbocycles. The number of nitrogens with two attached hydrogens (primary N) is 1. The Morgan fingerprint density at radius 3 is 2.30 bits per heavy atom. The van der Waals surface area contributed by atoms with E-state index in [1.54, 1.807) is 24.3 Å². The molecule has 3 amide bonds. The van der Waals surface area contributed by atoms with E-state index in [9.17, 15) is 14.4 Å². The highest BCUT2D eigenvalue weighted by molar-refractivity contribution is 5.97. The summed E-state index contributed by atoms with van der Waals surface area (Å²) in [6.45, 7) is 3.85. The van der Waals surface area contributed by atoms with Crippen molar-refractivity contribution in [1.29, 1.82) is 5.26 Å². The number of amides is 3. The number of nitrogens with zero attached hydrogens (tertiary/aromatic N) is 2. The van der Waals surface area contributed by atoms with Crippen LogP contribution in [-0.4, -0.2) is 31.1 Å². The highest BCUT2D eigenvalue weighted by Gasteiger charge is 2.19. The zero-order valence-electron chi connectivity index (χ0n) is 17.0. The number of carbonyl (C=O) groups is 3. The lowest BCUT2D eigenvalue weighted by molar-refractivity contribution is -0.121. The summed E-state index contributed by atoms with van der Waals surface area (Å²) in [7, 11) is 0. The van der Waals surface area contributed by atoms with Crippen molar-refractivity contribution in [3.8, 4) is 6.07 Å². The van der Waals surface area contributed by atoms with Crippen LogP contribution in [-0.2, 0) is 16.1 Å². The number of urea groups is 1. The summed E-state index contributed by atoms with van der Waals surface area (Å²) < 4.78 is 5.17. The number of anilines is 1. The van der Waals surface area contributed by atoms with Gasteiger partial charge in [-0.1, -0.05) is 18.2 Å². The molecule has 2 rings (SSSR count). The van der Waals surface area contributed by atoms with Crippen molar-refractivity contribution in [1.82, 2.24) is 5.32 Å². The lowest BCUT2D eigenvalue weighted by atomic mass is 10.1. The van der Waals surface area contributed by atoms with Gasteiger partial charge in [0.05, 0.1) is 18.1 Å². The smallest absolute Gasteiger partial charge is 0.338 e. The summed E-state index contributed by atoms with van der Waals surface area (Å²) in [5.74, 6) is -1.05. The third-order valence-corrected chi connectivity index (χ3v) is 4.25. The molecule has 2 aromatic rings. The summed E-state index contributed by atoms with van der Waals surface area (Å²) in [6, 6.07) is 13.5. The Labute approximate surface area is 175 Å². The number of aryl methyl sites for hydroxylation is 2. The third-order valence-electron chi connectivity index (χ3n) is 4.25. The molecule has 0 spiro atoms. The maximum Gasteiger partial charge on any atom is 0.338 e. The van der Waals surface area contributed by atoms with E-state index in [0.717, 1.165) is 16.7 Å². The Bertz CT molecular complexity index is 944. The van der Waals surface area contributed by atoms with Gasteiger partial charge in [-0.25, -0.2) is 9.59 Å². The molecule has 156 valence electrons. The number of hydrogen-bond donors (Lipinski definition) is 2. The number of hydrogen-bond acceptors (Lipinski definition) is 5. The van der Waals surface area contributed by atoms with Crippen molar-refractivity contribution in [2.75, 3.05) is 18.1 Å². The quantitative estimate of drug-likeness (QED) is 0.649. The van der Waals surface area contributed by atoms with E-state index < -0.39 is 24.5 Å². The number of ether oxygens (including phenoxy) is 1. The molecular formula is C22H24N4O4.